The van der Waals surface area contributed by atoms with Gasteiger partial charge in [-0.3, -0.25) is 4.79 Å². The maximum Gasteiger partial charge on any atom is 0.239 e. The van der Waals surface area contributed by atoms with Gasteiger partial charge in [-0.25, -0.2) is 0 Å². The van der Waals surface area contributed by atoms with Crippen molar-refractivity contribution in [1.29, 1.82) is 0 Å². The summed E-state index contributed by atoms with van der Waals surface area (Å²) in [6, 6.07) is -0.210. The number of carbonyl (C=O) groups is 1. The Morgan fingerprint density at radius 3 is 2.42 bits per heavy atom. The lowest BCUT2D eigenvalue weighted by atomic mass is 10.00. The van der Waals surface area contributed by atoms with Crippen molar-refractivity contribution in [2.45, 2.75) is 65.0 Å². The molecule has 4 nitrogen and oxygen atoms in total. The third kappa shape index (κ3) is 5.49. The zero-order chi connectivity index (χ0) is 14.3. The number of nitrogens with one attached hydrogen (secondary N) is 1. The monoisotopic (exact) mass is 270 g/mol. The molecule has 1 fully saturated rings. The van der Waals surface area contributed by atoms with Crippen LogP contribution in [-0.2, 0) is 4.79 Å². The van der Waals surface area contributed by atoms with Gasteiger partial charge in [0.05, 0.1) is 12.1 Å². The molecule has 2 unspecified atom stereocenters. The largest absolute Gasteiger partial charge is 0.392 e. The number of carbonyl (C=O) groups excluding carboxylic acids is 1. The van der Waals surface area contributed by atoms with Crippen LogP contribution in [0.25, 0.3) is 0 Å². The van der Waals surface area contributed by atoms with Crippen molar-refractivity contribution in [2.75, 3.05) is 19.6 Å². The van der Waals surface area contributed by atoms with E-state index in [4.69, 9.17) is 0 Å². The minimum atomic E-state index is -0.324. The van der Waals surface area contributed by atoms with Crippen LogP contribution in [-0.4, -0.2) is 47.7 Å². The molecule has 0 aromatic carbocycles. The molecule has 0 aromatic heterocycles. The zero-order valence-electron chi connectivity index (χ0n) is 12.7. The number of aliphatic hydroxyl groups excluding tert-OH is 1. The van der Waals surface area contributed by atoms with Crippen LogP contribution in [0, 0.1) is 5.92 Å². The molecule has 0 saturated heterocycles. The first-order valence-corrected chi connectivity index (χ1v) is 7.78. The van der Waals surface area contributed by atoms with Crippen LogP contribution < -0.4 is 5.32 Å². The standard InChI is InChI=1S/C15H30N2O2/c1-4-17(5-2)15(19)12(3)16-11-14(18)10-13-8-6-7-9-13/h12-14,16,18H,4-11H2,1-3H3. The summed E-state index contributed by atoms with van der Waals surface area (Å²) < 4.78 is 0. The zero-order valence-corrected chi connectivity index (χ0v) is 12.7. The van der Waals surface area contributed by atoms with Crippen LogP contribution in [0.15, 0.2) is 0 Å². The van der Waals surface area contributed by atoms with E-state index in [-0.39, 0.29) is 18.1 Å². The highest BCUT2D eigenvalue weighted by Gasteiger charge is 2.21. The fourth-order valence-corrected chi connectivity index (χ4v) is 2.92. The molecule has 19 heavy (non-hydrogen) atoms. The summed E-state index contributed by atoms with van der Waals surface area (Å²) in [7, 11) is 0. The van der Waals surface area contributed by atoms with Crippen LogP contribution in [0.2, 0.25) is 0 Å². The number of amides is 1. The Balaban J connectivity index is 2.24. The number of likely N-dealkylation sites (N-methyl/N-ethyl adjacent to an activating group) is 1. The lowest BCUT2D eigenvalue weighted by molar-refractivity contribution is -0.132. The van der Waals surface area contributed by atoms with Crippen LogP contribution in [0.5, 0.6) is 0 Å². The molecule has 1 saturated carbocycles. The van der Waals surface area contributed by atoms with E-state index in [2.05, 4.69) is 5.32 Å². The van der Waals surface area contributed by atoms with Crippen molar-refractivity contribution in [3.8, 4) is 0 Å². The Kier molecular flexibility index (Phi) is 7.39. The molecule has 0 aromatic rings. The third-order valence-corrected chi connectivity index (χ3v) is 4.19. The predicted molar refractivity (Wildman–Crippen MR) is 78.0 cm³/mol. The summed E-state index contributed by atoms with van der Waals surface area (Å²) in [5, 5.41) is 13.2. The van der Waals surface area contributed by atoms with Gasteiger partial charge in [0, 0.05) is 19.6 Å². The minimum absolute atomic E-state index is 0.123. The van der Waals surface area contributed by atoms with Crippen molar-refractivity contribution in [2.24, 2.45) is 5.92 Å². The summed E-state index contributed by atoms with van der Waals surface area (Å²) in [4.78, 5) is 13.9. The summed E-state index contributed by atoms with van der Waals surface area (Å²) in [5.41, 5.74) is 0. The van der Waals surface area contributed by atoms with Crippen LogP contribution >= 0.6 is 0 Å². The first-order chi connectivity index (χ1) is 9.08. The highest BCUT2D eigenvalue weighted by Crippen LogP contribution is 2.28. The maximum atomic E-state index is 12.0. The molecule has 112 valence electrons. The average molecular weight is 270 g/mol. The maximum absolute atomic E-state index is 12.0. The molecule has 0 bridgehead atoms. The molecule has 0 spiro atoms. The molecule has 1 amide bonds. The number of hydrogen-bond acceptors (Lipinski definition) is 3. The molecule has 0 radical (unpaired) electrons. The van der Waals surface area contributed by atoms with E-state index in [1.54, 1.807) is 0 Å². The molecule has 0 heterocycles. The molecule has 4 heteroatoms. The summed E-state index contributed by atoms with van der Waals surface area (Å²) in [6.07, 6.45) is 5.67. The molecule has 1 aliphatic carbocycles. The van der Waals surface area contributed by atoms with Gasteiger partial charge in [0.1, 0.15) is 0 Å². The quantitative estimate of drug-likeness (QED) is 0.707. The van der Waals surface area contributed by atoms with E-state index < -0.39 is 0 Å². The molecular weight excluding hydrogens is 240 g/mol. The Labute approximate surface area is 117 Å². The summed E-state index contributed by atoms with van der Waals surface area (Å²) >= 11 is 0. The van der Waals surface area contributed by atoms with E-state index >= 15 is 0 Å². The van der Waals surface area contributed by atoms with Gasteiger partial charge in [-0.05, 0) is 33.1 Å². The first-order valence-electron chi connectivity index (χ1n) is 7.78. The fraction of sp³-hybridized carbons (Fsp3) is 0.933. The molecule has 2 N–H and O–H groups in total. The van der Waals surface area contributed by atoms with E-state index in [9.17, 15) is 9.90 Å². The van der Waals surface area contributed by atoms with Crippen molar-refractivity contribution < 1.29 is 9.90 Å². The van der Waals surface area contributed by atoms with Gasteiger partial charge in [0.15, 0.2) is 0 Å². The van der Waals surface area contributed by atoms with Gasteiger partial charge < -0.3 is 15.3 Å². The second-order valence-electron chi connectivity index (χ2n) is 5.68. The Bertz CT molecular complexity index is 261. The third-order valence-electron chi connectivity index (χ3n) is 4.19. The van der Waals surface area contributed by atoms with Gasteiger partial charge in [0.2, 0.25) is 5.91 Å². The SMILES string of the molecule is CCN(CC)C(=O)C(C)NCC(O)CC1CCCC1. The fourth-order valence-electron chi connectivity index (χ4n) is 2.92. The minimum Gasteiger partial charge on any atom is -0.392 e. The number of hydrogen-bond donors (Lipinski definition) is 2. The Morgan fingerprint density at radius 2 is 1.89 bits per heavy atom. The van der Waals surface area contributed by atoms with Crippen molar-refractivity contribution >= 4 is 5.91 Å². The molecule has 1 rings (SSSR count). The van der Waals surface area contributed by atoms with E-state index in [1.807, 2.05) is 25.7 Å². The van der Waals surface area contributed by atoms with Crippen molar-refractivity contribution in [3.05, 3.63) is 0 Å². The highest BCUT2D eigenvalue weighted by molar-refractivity contribution is 5.81. The number of rotatable bonds is 8. The lowest BCUT2D eigenvalue weighted by Crippen LogP contribution is -2.46. The average Bonchev–Trinajstić information content (AvgIpc) is 2.90. The molecule has 1 aliphatic rings. The van der Waals surface area contributed by atoms with E-state index in [1.165, 1.54) is 25.7 Å². The summed E-state index contributed by atoms with van der Waals surface area (Å²) in [6.45, 7) is 7.86. The second kappa shape index (κ2) is 8.54. The number of aliphatic hydroxyl groups is 1. The van der Waals surface area contributed by atoms with Crippen LogP contribution in [0.3, 0.4) is 0 Å². The lowest BCUT2D eigenvalue weighted by Gasteiger charge is -2.24. The molecule has 0 aliphatic heterocycles. The van der Waals surface area contributed by atoms with Gasteiger partial charge in [0.25, 0.3) is 0 Å². The normalized spacial score (nSPS) is 19.4. The van der Waals surface area contributed by atoms with Crippen molar-refractivity contribution in [3.63, 3.8) is 0 Å². The van der Waals surface area contributed by atoms with Gasteiger partial charge in [-0.2, -0.15) is 0 Å². The predicted octanol–water partition coefficient (Wildman–Crippen LogP) is 1.77. The molecular formula is C15H30N2O2. The topological polar surface area (TPSA) is 52.6 Å². The smallest absolute Gasteiger partial charge is 0.239 e. The van der Waals surface area contributed by atoms with Crippen molar-refractivity contribution in [1.82, 2.24) is 10.2 Å². The van der Waals surface area contributed by atoms with Gasteiger partial charge in [-0.15, -0.1) is 0 Å². The van der Waals surface area contributed by atoms with E-state index in [0.717, 1.165) is 19.5 Å². The summed E-state index contributed by atoms with van der Waals surface area (Å²) in [5.74, 6) is 0.809. The Morgan fingerprint density at radius 1 is 1.32 bits per heavy atom. The highest BCUT2D eigenvalue weighted by atomic mass is 16.3. The molecule has 2 atom stereocenters. The van der Waals surface area contributed by atoms with Crippen LogP contribution in [0.1, 0.15) is 52.9 Å². The second-order valence-corrected chi connectivity index (χ2v) is 5.68. The van der Waals surface area contributed by atoms with E-state index in [0.29, 0.717) is 12.5 Å². The Hall–Kier alpha value is -0.610. The van der Waals surface area contributed by atoms with Gasteiger partial charge in [-0.1, -0.05) is 25.7 Å². The number of nitrogens with zero attached hydrogens (tertiary/aromatic N) is 1. The van der Waals surface area contributed by atoms with Gasteiger partial charge >= 0.3 is 0 Å². The van der Waals surface area contributed by atoms with Crippen LogP contribution in [0.4, 0.5) is 0 Å². The first kappa shape index (κ1) is 16.4.